The largest absolute Gasteiger partial charge is 0.354 e. The first-order chi connectivity index (χ1) is 8.87. The summed E-state index contributed by atoms with van der Waals surface area (Å²) in [6, 6.07) is 5.03. The molecule has 3 heteroatoms. The molecule has 1 N–H and O–H groups in total. The molecule has 0 bridgehead atoms. The Morgan fingerprint density at radius 3 is 2.63 bits per heavy atom. The van der Waals surface area contributed by atoms with Crippen LogP contribution in [0.1, 0.15) is 51.8 Å². The van der Waals surface area contributed by atoms with E-state index < -0.39 is 0 Å². The van der Waals surface area contributed by atoms with Crippen molar-refractivity contribution < 1.29 is 0 Å². The Morgan fingerprint density at radius 1 is 1.37 bits per heavy atom. The molecule has 1 atom stereocenters. The van der Waals surface area contributed by atoms with Crippen LogP contribution >= 0.6 is 0 Å². The summed E-state index contributed by atoms with van der Waals surface area (Å²) in [5.74, 6) is 1.14. The van der Waals surface area contributed by atoms with Crippen molar-refractivity contribution in [3.05, 3.63) is 23.4 Å². The van der Waals surface area contributed by atoms with Gasteiger partial charge in [0.1, 0.15) is 5.82 Å². The third-order valence-electron chi connectivity index (χ3n) is 3.84. The van der Waals surface area contributed by atoms with Crippen LogP contribution in [0, 0.1) is 6.92 Å². The lowest BCUT2D eigenvalue weighted by molar-refractivity contribution is 0.423. The highest BCUT2D eigenvalue weighted by atomic mass is 15.2. The van der Waals surface area contributed by atoms with Gasteiger partial charge in [-0.1, -0.05) is 6.07 Å². The lowest BCUT2D eigenvalue weighted by Gasteiger charge is -2.24. The second-order valence-corrected chi connectivity index (χ2v) is 6.70. The van der Waals surface area contributed by atoms with E-state index in [0.717, 1.165) is 24.6 Å². The van der Waals surface area contributed by atoms with E-state index in [-0.39, 0.29) is 5.54 Å². The average Bonchev–Trinajstić information content (AvgIpc) is 2.72. The first-order valence-electron chi connectivity index (χ1n) is 7.35. The highest BCUT2D eigenvalue weighted by Crippen LogP contribution is 2.24. The van der Waals surface area contributed by atoms with Crippen LogP contribution in [0.25, 0.3) is 0 Å². The normalized spacial score (nSPS) is 20.1. The maximum absolute atomic E-state index is 4.79. The molecule has 0 amide bonds. The van der Waals surface area contributed by atoms with E-state index in [2.05, 4.69) is 57.0 Å². The number of nitrogens with zero attached hydrogens (tertiary/aromatic N) is 2. The van der Waals surface area contributed by atoms with Crippen LogP contribution in [0.15, 0.2) is 12.1 Å². The second-order valence-electron chi connectivity index (χ2n) is 6.70. The first-order valence-corrected chi connectivity index (χ1v) is 7.35. The molecule has 0 radical (unpaired) electrons. The van der Waals surface area contributed by atoms with E-state index in [9.17, 15) is 0 Å². The van der Waals surface area contributed by atoms with Crippen molar-refractivity contribution in [2.75, 3.05) is 11.4 Å². The molecule has 1 aromatic rings. The summed E-state index contributed by atoms with van der Waals surface area (Å²) in [5.41, 5.74) is 2.59. The fraction of sp³-hybridized carbons (Fsp3) is 0.688. The molecule has 0 saturated carbocycles. The molecule has 0 spiro atoms. The molecular formula is C16H27N3. The number of pyridine rings is 1. The standard InChI is InChI=1S/C16H27N3/c1-12-7-6-10-19(12)15-9-8-14(13(2)18-15)11-17-16(3,4)5/h8-9,12,17H,6-7,10-11H2,1-5H3. The summed E-state index contributed by atoms with van der Waals surface area (Å²) in [6.45, 7) is 13.0. The van der Waals surface area contributed by atoms with Crippen molar-refractivity contribution in [1.29, 1.82) is 0 Å². The van der Waals surface area contributed by atoms with Gasteiger partial charge >= 0.3 is 0 Å². The van der Waals surface area contributed by atoms with Crippen molar-refractivity contribution in [2.45, 2.75) is 65.6 Å². The van der Waals surface area contributed by atoms with Gasteiger partial charge in [-0.05, 0) is 59.1 Å². The number of hydrogen-bond donors (Lipinski definition) is 1. The Labute approximate surface area is 117 Å². The van der Waals surface area contributed by atoms with Crippen molar-refractivity contribution in [3.63, 3.8) is 0 Å². The number of rotatable bonds is 3. The fourth-order valence-corrected chi connectivity index (χ4v) is 2.56. The molecule has 1 fully saturated rings. The predicted molar refractivity (Wildman–Crippen MR) is 81.6 cm³/mol. The Hall–Kier alpha value is -1.09. The Bertz CT molecular complexity index is 434. The third kappa shape index (κ3) is 3.69. The Morgan fingerprint density at radius 2 is 2.11 bits per heavy atom. The molecule has 1 saturated heterocycles. The minimum absolute atomic E-state index is 0.147. The molecule has 1 aromatic heterocycles. The van der Waals surface area contributed by atoms with E-state index >= 15 is 0 Å². The van der Waals surface area contributed by atoms with Crippen molar-refractivity contribution in [2.24, 2.45) is 0 Å². The maximum atomic E-state index is 4.79. The molecule has 0 aliphatic carbocycles. The fourth-order valence-electron chi connectivity index (χ4n) is 2.56. The third-order valence-corrected chi connectivity index (χ3v) is 3.84. The summed E-state index contributed by atoms with van der Waals surface area (Å²) in [5, 5.41) is 3.52. The minimum Gasteiger partial charge on any atom is -0.354 e. The molecule has 1 aliphatic rings. The van der Waals surface area contributed by atoms with Gasteiger partial charge in [-0.2, -0.15) is 0 Å². The van der Waals surface area contributed by atoms with Crippen LogP contribution in [-0.4, -0.2) is 23.1 Å². The molecule has 0 aromatic carbocycles. The minimum atomic E-state index is 0.147. The van der Waals surface area contributed by atoms with Gasteiger partial charge in [-0.3, -0.25) is 0 Å². The Balaban J connectivity index is 2.09. The Kier molecular flexibility index (Phi) is 4.14. The van der Waals surface area contributed by atoms with E-state index in [4.69, 9.17) is 4.98 Å². The van der Waals surface area contributed by atoms with Crippen molar-refractivity contribution >= 4 is 5.82 Å². The molecule has 2 heterocycles. The van der Waals surface area contributed by atoms with Crippen LogP contribution in [-0.2, 0) is 6.54 Å². The molecule has 2 rings (SSSR count). The summed E-state index contributed by atoms with van der Waals surface area (Å²) >= 11 is 0. The molecule has 106 valence electrons. The van der Waals surface area contributed by atoms with Crippen LogP contribution in [0.5, 0.6) is 0 Å². The van der Waals surface area contributed by atoms with Gasteiger partial charge in [0.05, 0.1) is 0 Å². The molecule has 3 nitrogen and oxygen atoms in total. The zero-order valence-electron chi connectivity index (χ0n) is 13.0. The summed E-state index contributed by atoms with van der Waals surface area (Å²) < 4.78 is 0. The zero-order chi connectivity index (χ0) is 14.0. The van der Waals surface area contributed by atoms with E-state index in [1.807, 2.05) is 0 Å². The molecule has 1 aliphatic heterocycles. The van der Waals surface area contributed by atoms with Crippen LogP contribution in [0.4, 0.5) is 5.82 Å². The van der Waals surface area contributed by atoms with Gasteiger partial charge in [0.25, 0.3) is 0 Å². The number of hydrogen-bond acceptors (Lipinski definition) is 3. The molecule has 19 heavy (non-hydrogen) atoms. The quantitative estimate of drug-likeness (QED) is 0.905. The number of aryl methyl sites for hydroxylation is 1. The van der Waals surface area contributed by atoms with Gasteiger partial charge in [0, 0.05) is 30.4 Å². The summed E-state index contributed by atoms with van der Waals surface area (Å²) in [7, 11) is 0. The van der Waals surface area contributed by atoms with Gasteiger partial charge in [0.15, 0.2) is 0 Å². The van der Waals surface area contributed by atoms with Gasteiger partial charge in [-0.15, -0.1) is 0 Å². The first kappa shape index (κ1) is 14.3. The van der Waals surface area contributed by atoms with E-state index in [1.165, 1.54) is 18.4 Å². The summed E-state index contributed by atoms with van der Waals surface area (Å²) in [6.07, 6.45) is 2.57. The van der Waals surface area contributed by atoms with Crippen molar-refractivity contribution in [3.8, 4) is 0 Å². The second kappa shape index (κ2) is 5.49. The smallest absolute Gasteiger partial charge is 0.129 e. The average molecular weight is 261 g/mol. The van der Waals surface area contributed by atoms with Gasteiger partial charge in [-0.25, -0.2) is 4.98 Å². The zero-order valence-corrected chi connectivity index (χ0v) is 13.0. The van der Waals surface area contributed by atoms with Gasteiger partial charge < -0.3 is 10.2 Å². The monoisotopic (exact) mass is 261 g/mol. The van der Waals surface area contributed by atoms with E-state index in [0.29, 0.717) is 6.04 Å². The number of anilines is 1. The van der Waals surface area contributed by atoms with Crippen LogP contribution in [0.2, 0.25) is 0 Å². The van der Waals surface area contributed by atoms with E-state index in [1.54, 1.807) is 0 Å². The number of nitrogens with one attached hydrogen (secondary N) is 1. The topological polar surface area (TPSA) is 28.2 Å². The molecule has 1 unspecified atom stereocenters. The maximum Gasteiger partial charge on any atom is 0.129 e. The SMILES string of the molecule is Cc1nc(N2CCCC2C)ccc1CNC(C)(C)C. The predicted octanol–water partition coefficient (Wildman–Crippen LogP) is 3.27. The van der Waals surface area contributed by atoms with Crippen LogP contribution in [0.3, 0.4) is 0 Å². The lowest BCUT2D eigenvalue weighted by atomic mass is 10.1. The van der Waals surface area contributed by atoms with Crippen molar-refractivity contribution in [1.82, 2.24) is 10.3 Å². The highest BCUT2D eigenvalue weighted by molar-refractivity contribution is 5.43. The summed E-state index contributed by atoms with van der Waals surface area (Å²) in [4.78, 5) is 7.22. The lowest BCUT2D eigenvalue weighted by Crippen LogP contribution is -2.35. The van der Waals surface area contributed by atoms with Gasteiger partial charge in [0.2, 0.25) is 0 Å². The number of aromatic nitrogens is 1. The molecular weight excluding hydrogens is 234 g/mol. The van der Waals surface area contributed by atoms with Crippen LogP contribution < -0.4 is 10.2 Å². The highest BCUT2D eigenvalue weighted by Gasteiger charge is 2.21.